The van der Waals surface area contributed by atoms with Gasteiger partial charge in [0.25, 0.3) is 0 Å². The lowest BCUT2D eigenvalue weighted by Crippen LogP contribution is -2.04. The second-order valence-corrected chi connectivity index (χ2v) is 7.27. The van der Waals surface area contributed by atoms with Crippen molar-refractivity contribution in [1.29, 1.82) is 0 Å². The predicted molar refractivity (Wildman–Crippen MR) is 129 cm³/mol. The number of alkyl halides is 3. The molecule has 33 heavy (non-hydrogen) atoms. The van der Waals surface area contributed by atoms with Crippen LogP contribution in [-0.4, -0.2) is 14.5 Å². The summed E-state index contributed by atoms with van der Waals surface area (Å²) in [4.78, 5) is 8.64. The standard InChI is InChI=1S/C22H18ClF3N4O.2ClH/c1-2-9-30-10-8-18-20(30)21(28-13-27-18)29-15-6-7-19(17(23)12-15)31-16-5-3-4-14(11-16)22(24,25)26;;/h3-8,10-13H,2,9H2,1H3,(H,27,28,29);2*1H. The van der Waals surface area contributed by atoms with E-state index in [0.29, 0.717) is 11.5 Å². The summed E-state index contributed by atoms with van der Waals surface area (Å²) < 4.78 is 46.4. The Morgan fingerprint density at radius 1 is 1.06 bits per heavy atom. The molecule has 0 unspecified atom stereocenters. The molecule has 0 aliphatic heterocycles. The highest BCUT2D eigenvalue weighted by molar-refractivity contribution is 6.32. The Balaban J connectivity index is 0.00000193. The van der Waals surface area contributed by atoms with Crippen LogP contribution in [0.3, 0.4) is 0 Å². The number of hydrogen-bond donors (Lipinski definition) is 1. The van der Waals surface area contributed by atoms with Crippen molar-refractivity contribution in [2.75, 3.05) is 5.32 Å². The quantitative estimate of drug-likeness (QED) is 0.281. The van der Waals surface area contributed by atoms with E-state index >= 15 is 0 Å². The molecule has 0 amide bonds. The normalized spacial score (nSPS) is 10.9. The van der Waals surface area contributed by atoms with E-state index in [9.17, 15) is 13.2 Å². The molecule has 176 valence electrons. The van der Waals surface area contributed by atoms with Crippen LogP contribution >= 0.6 is 36.4 Å². The zero-order valence-corrected chi connectivity index (χ0v) is 19.7. The van der Waals surface area contributed by atoms with E-state index in [1.54, 1.807) is 18.2 Å². The lowest BCUT2D eigenvalue weighted by molar-refractivity contribution is -0.137. The Labute approximate surface area is 205 Å². The first kappa shape index (κ1) is 26.6. The molecular weight excluding hydrogens is 500 g/mol. The summed E-state index contributed by atoms with van der Waals surface area (Å²) in [5.41, 5.74) is 1.57. The Bertz CT molecular complexity index is 1230. The molecule has 0 fully saturated rings. The van der Waals surface area contributed by atoms with Crippen LogP contribution in [0.15, 0.2) is 61.1 Å². The summed E-state index contributed by atoms with van der Waals surface area (Å²) in [5, 5.41) is 3.48. The van der Waals surface area contributed by atoms with Gasteiger partial charge in [-0.05, 0) is 48.9 Å². The third-order valence-corrected chi connectivity index (χ3v) is 4.89. The minimum atomic E-state index is -4.45. The molecule has 2 heterocycles. The van der Waals surface area contributed by atoms with Gasteiger partial charge in [0.05, 0.1) is 16.1 Å². The van der Waals surface area contributed by atoms with Gasteiger partial charge in [0.1, 0.15) is 23.3 Å². The summed E-state index contributed by atoms with van der Waals surface area (Å²) >= 11 is 6.33. The van der Waals surface area contributed by atoms with E-state index in [1.165, 1.54) is 18.5 Å². The van der Waals surface area contributed by atoms with Gasteiger partial charge in [-0.1, -0.05) is 24.6 Å². The number of ether oxygens (including phenoxy) is 1. The number of aromatic nitrogens is 3. The van der Waals surface area contributed by atoms with Crippen LogP contribution in [0.1, 0.15) is 18.9 Å². The number of aryl methyl sites for hydroxylation is 1. The molecule has 0 saturated carbocycles. The smallest absolute Gasteiger partial charge is 0.416 e. The molecule has 0 spiro atoms. The van der Waals surface area contributed by atoms with Crippen LogP contribution in [0.25, 0.3) is 11.0 Å². The Hall–Kier alpha value is -2.68. The van der Waals surface area contributed by atoms with Crippen LogP contribution in [-0.2, 0) is 12.7 Å². The van der Waals surface area contributed by atoms with Crippen molar-refractivity contribution in [2.45, 2.75) is 26.1 Å². The summed E-state index contributed by atoms with van der Waals surface area (Å²) in [6.45, 7) is 2.92. The first-order chi connectivity index (χ1) is 14.8. The number of nitrogens with one attached hydrogen (secondary N) is 1. The van der Waals surface area contributed by atoms with Crippen LogP contribution in [0, 0.1) is 0 Å². The largest absolute Gasteiger partial charge is 0.456 e. The van der Waals surface area contributed by atoms with Crippen molar-refractivity contribution in [2.24, 2.45) is 0 Å². The number of halogens is 6. The zero-order chi connectivity index (χ0) is 22.0. The van der Waals surface area contributed by atoms with E-state index in [-0.39, 0.29) is 41.3 Å². The van der Waals surface area contributed by atoms with Crippen molar-refractivity contribution in [3.63, 3.8) is 0 Å². The molecule has 0 bridgehead atoms. The first-order valence-corrected chi connectivity index (χ1v) is 9.94. The molecule has 11 heteroatoms. The molecule has 4 rings (SSSR count). The van der Waals surface area contributed by atoms with Crippen molar-refractivity contribution in [3.8, 4) is 11.5 Å². The Morgan fingerprint density at radius 3 is 2.55 bits per heavy atom. The third-order valence-electron chi connectivity index (χ3n) is 4.60. The lowest BCUT2D eigenvalue weighted by Gasteiger charge is -2.13. The average Bonchev–Trinajstić information content (AvgIpc) is 3.14. The molecule has 1 N–H and O–H groups in total. The average molecular weight is 520 g/mol. The van der Waals surface area contributed by atoms with Gasteiger partial charge >= 0.3 is 6.18 Å². The molecule has 5 nitrogen and oxygen atoms in total. The fraction of sp³-hybridized carbons (Fsp3) is 0.182. The van der Waals surface area contributed by atoms with E-state index in [1.807, 2.05) is 12.3 Å². The fourth-order valence-electron chi connectivity index (χ4n) is 3.21. The first-order valence-electron chi connectivity index (χ1n) is 9.56. The molecular formula is C22H20Cl3F3N4O. The van der Waals surface area contributed by atoms with Crippen molar-refractivity contribution >= 4 is 59.0 Å². The highest BCUT2D eigenvalue weighted by atomic mass is 35.5. The number of benzene rings is 2. The SMILES string of the molecule is CCCn1ccc2ncnc(Nc3ccc(Oc4cccc(C(F)(F)F)c4)c(Cl)c3)c21.Cl.Cl. The van der Waals surface area contributed by atoms with Gasteiger partial charge in [0, 0.05) is 18.4 Å². The highest BCUT2D eigenvalue weighted by Crippen LogP contribution is 2.36. The van der Waals surface area contributed by atoms with Gasteiger partial charge in [-0.25, -0.2) is 9.97 Å². The maximum atomic E-state index is 12.9. The molecule has 2 aromatic heterocycles. The molecule has 2 aromatic carbocycles. The van der Waals surface area contributed by atoms with Gasteiger partial charge in [-0.2, -0.15) is 13.2 Å². The third kappa shape index (κ3) is 6.01. The monoisotopic (exact) mass is 518 g/mol. The van der Waals surface area contributed by atoms with Gasteiger partial charge in [0.2, 0.25) is 0 Å². The van der Waals surface area contributed by atoms with Crippen LogP contribution in [0.5, 0.6) is 11.5 Å². The van der Waals surface area contributed by atoms with E-state index in [4.69, 9.17) is 16.3 Å². The van der Waals surface area contributed by atoms with Crippen LogP contribution in [0.4, 0.5) is 24.7 Å². The lowest BCUT2D eigenvalue weighted by atomic mass is 10.2. The number of fused-ring (bicyclic) bond motifs is 1. The van der Waals surface area contributed by atoms with Crippen LogP contribution < -0.4 is 10.1 Å². The van der Waals surface area contributed by atoms with E-state index in [2.05, 4.69) is 26.8 Å². The number of hydrogen-bond acceptors (Lipinski definition) is 4. The molecule has 0 saturated heterocycles. The van der Waals surface area contributed by atoms with Gasteiger partial charge in [-0.3, -0.25) is 0 Å². The maximum Gasteiger partial charge on any atom is 0.416 e. The summed E-state index contributed by atoms with van der Waals surface area (Å²) in [5.74, 6) is 0.923. The highest BCUT2D eigenvalue weighted by Gasteiger charge is 2.30. The van der Waals surface area contributed by atoms with Crippen molar-refractivity contribution in [1.82, 2.24) is 14.5 Å². The molecule has 0 radical (unpaired) electrons. The maximum absolute atomic E-state index is 12.9. The Kier molecular flexibility index (Phi) is 8.82. The van der Waals surface area contributed by atoms with Crippen molar-refractivity contribution in [3.05, 3.63) is 71.6 Å². The molecule has 0 aliphatic carbocycles. The minimum absolute atomic E-state index is 0. The van der Waals surface area contributed by atoms with Crippen LogP contribution in [0.2, 0.25) is 5.02 Å². The van der Waals surface area contributed by atoms with E-state index < -0.39 is 11.7 Å². The summed E-state index contributed by atoms with van der Waals surface area (Å²) in [7, 11) is 0. The predicted octanol–water partition coefficient (Wildman–Crippen LogP) is 7.89. The van der Waals surface area contributed by atoms with Gasteiger partial charge < -0.3 is 14.6 Å². The van der Waals surface area contributed by atoms with E-state index in [0.717, 1.165) is 36.1 Å². The number of rotatable bonds is 6. The summed E-state index contributed by atoms with van der Waals surface area (Å²) in [6, 6.07) is 11.5. The fourth-order valence-corrected chi connectivity index (χ4v) is 3.43. The number of anilines is 2. The molecule has 4 aromatic rings. The summed E-state index contributed by atoms with van der Waals surface area (Å²) in [6.07, 6.45) is -0.0402. The topological polar surface area (TPSA) is 52.0 Å². The Morgan fingerprint density at radius 2 is 1.85 bits per heavy atom. The van der Waals surface area contributed by atoms with Crippen molar-refractivity contribution < 1.29 is 17.9 Å². The minimum Gasteiger partial charge on any atom is -0.456 e. The zero-order valence-electron chi connectivity index (χ0n) is 17.3. The second-order valence-electron chi connectivity index (χ2n) is 6.86. The van der Waals surface area contributed by atoms with Gasteiger partial charge in [0.15, 0.2) is 5.82 Å². The number of nitrogens with zero attached hydrogens (tertiary/aromatic N) is 3. The van der Waals surface area contributed by atoms with Gasteiger partial charge in [-0.15, -0.1) is 24.8 Å². The molecule has 0 aliphatic rings. The second kappa shape index (κ2) is 11.0. The molecule has 0 atom stereocenters.